The third-order valence-electron chi connectivity index (χ3n) is 7.43. The molecule has 0 aromatic carbocycles. The van der Waals surface area contributed by atoms with Gasteiger partial charge in [-0.15, -0.1) is 0 Å². The maximum absolute atomic E-state index is 12.8. The van der Waals surface area contributed by atoms with Gasteiger partial charge >= 0.3 is 0 Å². The molecule has 0 spiro atoms. The molecule has 0 aromatic heterocycles. The molecule has 2 saturated heterocycles. The standard InChI is InChI=1S/C22H39N3O2/c1-16(2)20-9-10-21(26)25(22(20)27)15-17(3)18-5-7-19(8-6-18)24-13-11-23(4)12-14-24/h16-20H,5-15H2,1-4H3/t17?,18-,19-,20?. The number of carbonyl (C=O) groups excluding carboxylic acids is 2. The summed E-state index contributed by atoms with van der Waals surface area (Å²) < 4.78 is 0. The largest absolute Gasteiger partial charge is 0.304 e. The van der Waals surface area contributed by atoms with Gasteiger partial charge in [0.25, 0.3) is 0 Å². The predicted molar refractivity (Wildman–Crippen MR) is 108 cm³/mol. The summed E-state index contributed by atoms with van der Waals surface area (Å²) in [5, 5.41) is 0. The van der Waals surface area contributed by atoms with Crippen LogP contribution in [0.5, 0.6) is 0 Å². The number of carbonyl (C=O) groups is 2. The van der Waals surface area contributed by atoms with Crippen molar-refractivity contribution in [2.75, 3.05) is 39.8 Å². The number of imide groups is 1. The lowest BCUT2D eigenvalue weighted by molar-refractivity contribution is -0.154. The fraction of sp³-hybridized carbons (Fsp3) is 0.909. The minimum Gasteiger partial charge on any atom is -0.304 e. The summed E-state index contributed by atoms with van der Waals surface area (Å²) >= 11 is 0. The summed E-state index contributed by atoms with van der Waals surface area (Å²) in [7, 11) is 2.21. The molecule has 0 bridgehead atoms. The van der Waals surface area contributed by atoms with E-state index in [1.807, 2.05) is 0 Å². The molecule has 0 aromatic rings. The molecule has 0 N–H and O–H groups in total. The van der Waals surface area contributed by atoms with Gasteiger partial charge in [0.2, 0.25) is 11.8 Å². The molecular weight excluding hydrogens is 338 g/mol. The second-order valence-electron chi connectivity index (χ2n) is 9.62. The molecule has 5 heteroatoms. The Bertz CT molecular complexity index is 520. The fourth-order valence-corrected chi connectivity index (χ4v) is 5.33. The van der Waals surface area contributed by atoms with E-state index in [0.29, 0.717) is 30.7 Å². The van der Waals surface area contributed by atoms with Crippen LogP contribution in [0.3, 0.4) is 0 Å². The maximum Gasteiger partial charge on any atom is 0.232 e. The van der Waals surface area contributed by atoms with Gasteiger partial charge in [-0.05, 0) is 56.9 Å². The Morgan fingerprint density at radius 2 is 1.56 bits per heavy atom. The highest BCUT2D eigenvalue weighted by Crippen LogP contribution is 2.34. The van der Waals surface area contributed by atoms with Crippen molar-refractivity contribution in [1.82, 2.24) is 14.7 Å². The Morgan fingerprint density at radius 1 is 0.926 bits per heavy atom. The normalized spacial score (nSPS) is 32.9. The second-order valence-corrected chi connectivity index (χ2v) is 9.62. The van der Waals surface area contributed by atoms with Gasteiger partial charge in [-0.3, -0.25) is 19.4 Å². The van der Waals surface area contributed by atoms with E-state index in [9.17, 15) is 9.59 Å². The fourth-order valence-electron chi connectivity index (χ4n) is 5.33. The van der Waals surface area contributed by atoms with Crippen molar-refractivity contribution in [2.24, 2.45) is 23.7 Å². The first-order chi connectivity index (χ1) is 12.9. The number of piperidine rings is 1. The number of hydrogen-bond donors (Lipinski definition) is 0. The first-order valence-electron chi connectivity index (χ1n) is 11.1. The van der Waals surface area contributed by atoms with Crippen molar-refractivity contribution in [3.05, 3.63) is 0 Å². The zero-order valence-corrected chi connectivity index (χ0v) is 17.8. The first kappa shape index (κ1) is 20.8. The van der Waals surface area contributed by atoms with Gasteiger partial charge in [0.1, 0.15) is 0 Å². The highest BCUT2D eigenvalue weighted by atomic mass is 16.2. The van der Waals surface area contributed by atoms with Crippen LogP contribution in [0.15, 0.2) is 0 Å². The van der Waals surface area contributed by atoms with Crippen LogP contribution in [0.25, 0.3) is 0 Å². The van der Waals surface area contributed by atoms with Crippen LogP contribution in [0.1, 0.15) is 59.3 Å². The van der Waals surface area contributed by atoms with E-state index in [1.54, 1.807) is 4.90 Å². The molecule has 2 heterocycles. The molecule has 27 heavy (non-hydrogen) atoms. The van der Waals surface area contributed by atoms with Crippen molar-refractivity contribution in [1.29, 1.82) is 0 Å². The monoisotopic (exact) mass is 377 g/mol. The van der Waals surface area contributed by atoms with Gasteiger partial charge in [-0.25, -0.2) is 0 Å². The molecule has 1 saturated carbocycles. The number of nitrogens with zero attached hydrogens (tertiary/aromatic N) is 3. The van der Waals surface area contributed by atoms with E-state index >= 15 is 0 Å². The number of rotatable bonds is 5. The lowest BCUT2D eigenvalue weighted by Gasteiger charge is -2.42. The van der Waals surface area contributed by atoms with Crippen LogP contribution in [0, 0.1) is 23.7 Å². The summed E-state index contributed by atoms with van der Waals surface area (Å²) in [5.41, 5.74) is 0. The molecule has 2 unspecified atom stereocenters. The van der Waals surface area contributed by atoms with E-state index in [4.69, 9.17) is 0 Å². The van der Waals surface area contributed by atoms with Crippen LogP contribution in [0.4, 0.5) is 0 Å². The smallest absolute Gasteiger partial charge is 0.232 e. The lowest BCUT2D eigenvalue weighted by Crippen LogP contribution is -2.51. The van der Waals surface area contributed by atoms with Crippen molar-refractivity contribution in [3.8, 4) is 0 Å². The Morgan fingerprint density at radius 3 is 2.15 bits per heavy atom. The molecule has 0 radical (unpaired) electrons. The van der Waals surface area contributed by atoms with E-state index in [-0.39, 0.29) is 17.7 Å². The molecule has 5 nitrogen and oxygen atoms in total. The molecule has 1 aliphatic carbocycles. The van der Waals surface area contributed by atoms with Gasteiger partial charge in [-0.2, -0.15) is 0 Å². The number of likely N-dealkylation sites (tertiary alicyclic amines) is 1. The molecule has 3 rings (SSSR count). The molecule has 154 valence electrons. The Balaban J connectivity index is 1.49. The molecule has 2 aliphatic heterocycles. The highest BCUT2D eigenvalue weighted by Gasteiger charge is 2.38. The van der Waals surface area contributed by atoms with Gasteiger partial charge in [-0.1, -0.05) is 20.8 Å². The molecule has 3 aliphatic rings. The van der Waals surface area contributed by atoms with Crippen molar-refractivity contribution in [3.63, 3.8) is 0 Å². The average Bonchev–Trinajstić information content (AvgIpc) is 2.65. The van der Waals surface area contributed by atoms with E-state index < -0.39 is 0 Å². The zero-order valence-electron chi connectivity index (χ0n) is 17.8. The lowest BCUT2D eigenvalue weighted by atomic mass is 9.77. The van der Waals surface area contributed by atoms with Crippen LogP contribution in [0.2, 0.25) is 0 Å². The number of hydrogen-bond acceptors (Lipinski definition) is 4. The van der Waals surface area contributed by atoms with Crippen LogP contribution >= 0.6 is 0 Å². The summed E-state index contributed by atoms with van der Waals surface area (Å²) in [4.78, 5) is 31.9. The molecule has 2 atom stereocenters. The van der Waals surface area contributed by atoms with Crippen molar-refractivity contribution >= 4 is 11.8 Å². The van der Waals surface area contributed by atoms with E-state index in [1.165, 1.54) is 51.9 Å². The Kier molecular flexibility index (Phi) is 6.96. The van der Waals surface area contributed by atoms with Crippen molar-refractivity contribution in [2.45, 2.75) is 65.3 Å². The van der Waals surface area contributed by atoms with Gasteiger partial charge in [0.05, 0.1) is 0 Å². The molecule has 3 fully saturated rings. The summed E-state index contributed by atoms with van der Waals surface area (Å²) in [5.74, 6) is 1.55. The predicted octanol–water partition coefficient (Wildman–Crippen LogP) is 2.85. The third-order valence-corrected chi connectivity index (χ3v) is 7.43. The minimum absolute atomic E-state index is 0.0304. The highest BCUT2D eigenvalue weighted by molar-refractivity contribution is 5.98. The number of piperazine rings is 1. The number of amides is 2. The maximum atomic E-state index is 12.8. The Hall–Kier alpha value is -0.940. The van der Waals surface area contributed by atoms with E-state index in [0.717, 1.165) is 12.5 Å². The van der Waals surface area contributed by atoms with Crippen molar-refractivity contribution < 1.29 is 9.59 Å². The van der Waals surface area contributed by atoms with Crippen LogP contribution in [-0.4, -0.2) is 72.3 Å². The first-order valence-corrected chi connectivity index (χ1v) is 11.1. The van der Waals surface area contributed by atoms with Gasteiger partial charge < -0.3 is 4.90 Å². The Labute approximate surface area is 165 Å². The SMILES string of the molecule is CC(C)C1CCC(=O)N(CC(C)[C@H]2CC[C@H](N3CCN(C)CC3)CC2)C1=O. The summed E-state index contributed by atoms with van der Waals surface area (Å²) in [6.07, 6.45) is 6.29. The van der Waals surface area contributed by atoms with Gasteiger partial charge in [0.15, 0.2) is 0 Å². The number of likely N-dealkylation sites (N-methyl/N-ethyl adjacent to an activating group) is 1. The summed E-state index contributed by atoms with van der Waals surface area (Å²) in [6.45, 7) is 11.9. The quantitative estimate of drug-likeness (QED) is 0.691. The summed E-state index contributed by atoms with van der Waals surface area (Å²) in [6, 6.07) is 0.741. The van der Waals surface area contributed by atoms with Crippen LogP contribution < -0.4 is 0 Å². The average molecular weight is 378 g/mol. The van der Waals surface area contributed by atoms with E-state index in [2.05, 4.69) is 37.6 Å². The van der Waals surface area contributed by atoms with Gasteiger partial charge in [0, 0.05) is 51.1 Å². The minimum atomic E-state index is 0.0304. The van der Waals surface area contributed by atoms with Crippen LogP contribution in [-0.2, 0) is 9.59 Å². The topological polar surface area (TPSA) is 43.9 Å². The third kappa shape index (κ3) is 4.92. The second kappa shape index (κ2) is 9.04. The molecule has 2 amide bonds. The zero-order chi connectivity index (χ0) is 19.6. The molecular formula is C22H39N3O2.